The van der Waals surface area contributed by atoms with Gasteiger partial charge in [0, 0.05) is 26.9 Å². The van der Waals surface area contributed by atoms with Crippen molar-refractivity contribution in [3.8, 4) is 6.07 Å². The Bertz CT molecular complexity index is 299. The zero-order valence-electron chi connectivity index (χ0n) is 7.82. The molecule has 1 aromatic heterocycles. The van der Waals surface area contributed by atoms with Crippen molar-refractivity contribution in [3.05, 3.63) is 5.89 Å². The van der Waals surface area contributed by atoms with Crippen LogP contribution in [0.1, 0.15) is 18.7 Å². The maximum atomic E-state index is 8.31. The maximum Gasteiger partial charge on any atom is 0.265 e. The SMILES string of the molecule is CN(C)c1noc(CCCC#N)n1. The van der Waals surface area contributed by atoms with Crippen LogP contribution in [0.15, 0.2) is 4.52 Å². The summed E-state index contributed by atoms with van der Waals surface area (Å²) in [6.45, 7) is 0. The summed E-state index contributed by atoms with van der Waals surface area (Å²) in [5.41, 5.74) is 0. The van der Waals surface area contributed by atoms with Crippen molar-refractivity contribution in [1.82, 2.24) is 10.1 Å². The summed E-state index contributed by atoms with van der Waals surface area (Å²) in [7, 11) is 3.70. The first-order valence-corrected chi connectivity index (χ1v) is 4.11. The van der Waals surface area contributed by atoms with Gasteiger partial charge in [-0.2, -0.15) is 10.2 Å². The Morgan fingerprint density at radius 2 is 2.31 bits per heavy atom. The van der Waals surface area contributed by atoms with Crippen molar-refractivity contribution in [3.63, 3.8) is 0 Å². The average Bonchev–Trinajstić information content (AvgIpc) is 2.53. The van der Waals surface area contributed by atoms with Crippen LogP contribution in [0.2, 0.25) is 0 Å². The van der Waals surface area contributed by atoms with Crippen LogP contribution in [0, 0.1) is 11.3 Å². The second-order valence-electron chi connectivity index (χ2n) is 2.89. The van der Waals surface area contributed by atoms with Crippen LogP contribution >= 0.6 is 0 Å². The average molecular weight is 180 g/mol. The lowest BCUT2D eigenvalue weighted by Gasteiger charge is -2.02. The van der Waals surface area contributed by atoms with Gasteiger partial charge >= 0.3 is 0 Å². The molecule has 1 heterocycles. The van der Waals surface area contributed by atoms with Crippen LogP contribution < -0.4 is 4.90 Å². The molecule has 0 N–H and O–H groups in total. The smallest absolute Gasteiger partial charge is 0.265 e. The van der Waals surface area contributed by atoms with E-state index in [1.165, 1.54) is 0 Å². The van der Waals surface area contributed by atoms with Crippen molar-refractivity contribution < 1.29 is 4.52 Å². The molecule has 0 aliphatic heterocycles. The highest BCUT2D eigenvalue weighted by molar-refractivity contribution is 5.23. The molecule has 0 fully saturated rings. The molecule has 0 bridgehead atoms. The van der Waals surface area contributed by atoms with Crippen molar-refractivity contribution in [2.75, 3.05) is 19.0 Å². The van der Waals surface area contributed by atoms with E-state index in [9.17, 15) is 0 Å². The minimum atomic E-state index is 0.527. The summed E-state index contributed by atoms with van der Waals surface area (Å²) >= 11 is 0. The van der Waals surface area contributed by atoms with Gasteiger partial charge in [-0.15, -0.1) is 0 Å². The molecule has 0 saturated heterocycles. The van der Waals surface area contributed by atoms with Crippen molar-refractivity contribution in [1.29, 1.82) is 5.26 Å². The predicted octanol–water partition coefficient (Wildman–Crippen LogP) is 0.982. The molecule has 0 saturated carbocycles. The molecule has 0 aromatic carbocycles. The Balaban J connectivity index is 2.45. The highest BCUT2D eigenvalue weighted by Gasteiger charge is 2.06. The topological polar surface area (TPSA) is 66.0 Å². The Labute approximate surface area is 77.0 Å². The number of anilines is 1. The zero-order chi connectivity index (χ0) is 9.68. The van der Waals surface area contributed by atoms with Gasteiger partial charge in [-0.1, -0.05) is 0 Å². The molecule has 1 rings (SSSR count). The number of hydrogen-bond acceptors (Lipinski definition) is 5. The molecule has 0 unspecified atom stereocenters. The third-order valence-corrected chi connectivity index (χ3v) is 1.54. The fourth-order valence-electron chi connectivity index (χ4n) is 0.848. The number of nitriles is 1. The predicted molar refractivity (Wildman–Crippen MR) is 47.2 cm³/mol. The molecule has 0 aliphatic rings. The lowest BCUT2D eigenvalue weighted by molar-refractivity contribution is 0.376. The summed E-state index contributed by atoms with van der Waals surface area (Å²) in [5.74, 6) is 1.17. The van der Waals surface area contributed by atoms with E-state index in [1.54, 1.807) is 4.90 Å². The van der Waals surface area contributed by atoms with E-state index >= 15 is 0 Å². The molecule has 0 radical (unpaired) electrons. The molecule has 70 valence electrons. The Morgan fingerprint density at radius 3 is 2.85 bits per heavy atom. The fraction of sp³-hybridized carbons (Fsp3) is 0.625. The molecule has 0 amide bonds. The molecule has 5 nitrogen and oxygen atoms in total. The van der Waals surface area contributed by atoms with Gasteiger partial charge in [-0.3, -0.25) is 0 Å². The first-order chi connectivity index (χ1) is 6.24. The van der Waals surface area contributed by atoms with Crippen LogP contribution in [-0.4, -0.2) is 24.2 Å². The highest BCUT2D eigenvalue weighted by Crippen LogP contribution is 2.07. The van der Waals surface area contributed by atoms with Gasteiger partial charge in [0.2, 0.25) is 5.89 Å². The number of unbranched alkanes of at least 4 members (excludes halogenated alkanes) is 1. The monoisotopic (exact) mass is 180 g/mol. The van der Waals surface area contributed by atoms with Gasteiger partial charge in [-0.05, 0) is 11.6 Å². The Morgan fingerprint density at radius 1 is 1.54 bits per heavy atom. The summed E-state index contributed by atoms with van der Waals surface area (Å²) in [4.78, 5) is 5.90. The third-order valence-electron chi connectivity index (χ3n) is 1.54. The summed E-state index contributed by atoms with van der Waals surface area (Å²) in [5, 5.41) is 12.1. The molecule has 0 spiro atoms. The van der Waals surface area contributed by atoms with E-state index in [-0.39, 0.29) is 0 Å². The second kappa shape index (κ2) is 4.45. The van der Waals surface area contributed by atoms with Crippen molar-refractivity contribution in [2.24, 2.45) is 0 Å². The summed E-state index contributed by atoms with van der Waals surface area (Å²) in [6, 6.07) is 2.07. The highest BCUT2D eigenvalue weighted by atomic mass is 16.5. The normalized spacial score (nSPS) is 9.62. The number of aryl methyl sites for hydroxylation is 1. The van der Waals surface area contributed by atoms with Crippen LogP contribution in [-0.2, 0) is 6.42 Å². The number of hydrogen-bond donors (Lipinski definition) is 0. The fourth-order valence-corrected chi connectivity index (χ4v) is 0.848. The summed E-state index contributed by atoms with van der Waals surface area (Å²) < 4.78 is 4.96. The van der Waals surface area contributed by atoms with E-state index in [2.05, 4.69) is 16.2 Å². The summed E-state index contributed by atoms with van der Waals surface area (Å²) in [6.07, 6.45) is 1.97. The first kappa shape index (κ1) is 9.52. The van der Waals surface area contributed by atoms with Gasteiger partial charge < -0.3 is 9.42 Å². The Hall–Kier alpha value is -1.57. The number of rotatable bonds is 4. The minimum Gasteiger partial charge on any atom is -0.344 e. The minimum absolute atomic E-state index is 0.527. The van der Waals surface area contributed by atoms with Gasteiger partial charge in [0.05, 0.1) is 6.07 Å². The largest absolute Gasteiger partial charge is 0.344 e. The standard InChI is InChI=1S/C8H12N4O/c1-12(2)8-10-7(13-11-8)5-3-4-6-9/h3-5H2,1-2H3. The molecule has 0 atom stereocenters. The van der Waals surface area contributed by atoms with E-state index in [4.69, 9.17) is 9.78 Å². The van der Waals surface area contributed by atoms with Crippen molar-refractivity contribution in [2.45, 2.75) is 19.3 Å². The second-order valence-corrected chi connectivity index (χ2v) is 2.89. The quantitative estimate of drug-likeness (QED) is 0.646. The van der Waals surface area contributed by atoms with E-state index in [0.717, 1.165) is 6.42 Å². The molecule has 5 heteroatoms. The maximum absolute atomic E-state index is 8.31. The van der Waals surface area contributed by atoms with Crippen LogP contribution in [0.5, 0.6) is 0 Å². The Kier molecular flexibility index (Phi) is 3.26. The molecular formula is C8H12N4O. The van der Waals surface area contributed by atoms with Gasteiger partial charge in [0.25, 0.3) is 5.95 Å². The lowest BCUT2D eigenvalue weighted by Crippen LogP contribution is -2.10. The number of aromatic nitrogens is 2. The molecule has 0 aliphatic carbocycles. The van der Waals surface area contributed by atoms with E-state index in [0.29, 0.717) is 24.7 Å². The third kappa shape index (κ3) is 2.75. The van der Waals surface area contributed by atoms with Crippen LogP contribution in [0.4, 0.5) is 5.95 Å². The van der Waals surface area contributed by atoms with E-state index < -0.39 is 0 Å². The van der Waals surface area contributed by atoms with E-state index in [1.807, 2.05) is 14.1 Å². The first-order valence-electron chi connectivity index (χ1n) is 4.11. The van der Waals surface area contributed by atoms with Crippen LogP contribution in [0.3, 0.4) is 0 Å². The van der Waals surface area contributed by atoms with Gasteiger partial charge in [0.15, 0.2) is 0 Å². The molecular weight excluding hydrogens is 168 g/mol. The number of nitrogens with zero attached hydrogens (tertiary/aromatic N) is 4. The van der Waals surface area contributed by atoms with Crippen molar-refractivity contribution >= 4 is 5.95 Å². The lowest BCUT2D eigenvalue weighted by atomic mass is 10.2. The molecule has 1 aromatic rings. The van der Waals surface area contributed by atoms with Gasteiger partial charge in [0.1, 0.15) is 0 Å². The zero-order valence-corrected chi connectivity index (χ0v) is 7.82. The van der Waals surface area contributed by atoms with Gasteiger partial charge in [-0.25, -0.2) is 0 Å². The van der Waals surface area contributed by atoms with Crippen LogP contribution in [0.25, 0.3) is 0 Å². The molecule has 13 heavy (non-hydrogen) atoms.